The van der Waals surface area contributed by atoms with Crippen molar-refractivity contribution in [3.8, 4) is 45.4 Å². The molecule has 0 fully saturated rings. The molecule has 8 aromatic rings. The molecule has 0 spiro atoms. The normalized spacial score (nSPS) is 10.0. The molecule has 308 valence electrons. The summed E-state index contributed by atoms with van der Waals surface area (Å²) in [5.41, 5.74) is 11.0. The second-order valence-corrected chi connectivity index (χ2v) is 14.1. The first-order valence-corrected chi connectivity index (χ1v) is 20.0. The number of fused-ring (bicyclic) bond motifs is 1. The Balaban J connectivity index is 0.000000388. The predicted octanol–water partition coefficient (Wildman–Crippen LogP) is 11.1. The van der Waals surface area contributed by atoms with Crippen LogP contribution in [0.4, 0.5) is 0 Å². The lowest BCUT2D eigenvalue weighted by Crippen LogP contribution is -2.02. The first-order valence-electron chi connectivity index (χ1n) is 17.9. The highest BCUT2D eigenvalue weighted by Crippen LogP contribution is 2.38. The predicted molar refractivity (Wildman–Crippen MR) is 240 cm³/mol. The van der Waals surface area contributed by atoms with Gasteiger partial charge in [0.25, 0.3) is 0 Å². The third-order valence-electron chi connectivity index (χ3n) is 8.51. The van der Waals surface area contributed by atoms with Gasteiger partial charge in [-0.05, 0) is 86.6 Å². The number of aromatic carboxylic acids is 2. The smallest absolute Gasteiger partial charge is 0.872 e. The summed E-state index contributed by atoms with van der Waals surface area (Å²) >= 11 is 19.1. The van der Waals surface area contributed by atoms with Crippen molar-refractivity contribution in [2.75, 3.05) is 10.7 Å². The lowest BCUT2D eigenvalue weighted by Gasteiger charge is -2.12. The number of carboxylic acids is 2. The maximum Gasteiger partial charge on any atom is 1.00 e. The van der Waals surface area contributed by atoms with Gasteiger partial charge in [0.2, 0.25) is 0 Å². The van der Waals surface area contributed by atoms with Crippen LogP contribution in [-0.2, 0) is 0 Å². The molecule has 0 radical (unpaired) electrons. The van der Waals surface area contributed by atoms with Gasteiger partial charge in [-0.3, -0.25) is 9.97 Å². The minimum atomic E-state index is -1.18. The third-order valence-corrected chi connectivity index (χ3v) is 8.51. The van der Waals surface area contributed by atoms with Crippen molar-refractivity contribution < 1.29 is 32.9 Å². The van der Waals surface area contributed by atoms with E-state index < -0.39 is 23.4 Å². The molecule has 4 aromatic carbocycles. The van der Waals surface area contributed by atoms with Gasteiger partial charge in [-0.25, -0.2) is 9.59 Å². The first kappa shape index (κ1) is 46.4. The standard InChI is InChI=1S/C30H24N4.2C7H6O3.2CH2Cl2/c1-21-7-11-25(12-8-21)33-27(23-5-3-15-31-19-23)17-30-29(33)18-28(24-6-4-16-32-20-24)34(30)26-13-9-22(2)10-14-26;2*8-6-4-2-1-3-5(6)7(9)10;2*2-1-3/h3-20H,1-2H3;2*1-4,8H,(H,9,10);2*1H2. The highest BCUT2D eigenvalue weighted by Gasteiger charge is 2.21. The lowest BCUT2D eigenvalue weighted by atomic mass is 10.1. The minimum absolute atomic E-state index is 0. The number of aryl methyl sites for hydroxylation is 2. The number of halogens is 4. The van der Waals surface area contributed by atoms with Crippen LogP contribution in [0.2, 0.25) is 0 Å². The van der Waals surface area contributed by atoms with Crippen LogP contribution in [0, 0.1) is 13.8 Å². The second kappa shape index (κ2) is 23.3. The van der Waals surface area contributed by atoms with Gasteiger partial charge in [-0.1, -0.05) is 83.3 Å². The molecule has 0 bridgehead atoms. The largest absolute Gasteiger partial charge is 1.00 e. The molecule has 0 aliphatic rings. The van der Waals surface area contributed by atoms with E-state index in [-0.39, 0.29) is 24.7 Å². The van der Waals surface area contributed by atoms with Crippen LogP contribution >= 0.6 is 46.4 Å². The van der Waals surface area contributed by atoms with Crippen molar-refractivity contribution in [1.29, 1.82) is 0 Å². The van der Waals surface area contributed by atoms with E-state index >= 15 is 0 Å². The van der Waals surface area contributed by atoms with Gasteiger partial charge in [0, 0.05) is 47.3 Å². The highest BCUT2D eigenvalue weighted by molar-refractivity contribution is 6.41. The van der Waals surface area contributed by atoms with Crippen molar-refractivity contribution in [1.82, 2.24) is 19.1 Å². The Labute approximate surface area is 370 Å². The van der Waals surface area contributed by atoms with E-state index in [9.17, 15) is 19.8 Å². The van der Waals surface area contributed by atoms with Crippen molar-refractivity contribution in [2.45, 2.75) is 13.8 Å². The average Bonchev–Trinajstić information content (AvgIpc) is 3.80. The van der Waals surface area contributed by atoms with Crippen LogP contribution in [0.15, 0.2) is 158 Å². The summed E-state index contributed by atoms with van der Waals surface area (Å²) < 4.78 is 4.66. The van der Waals surface area contributed by atoms with Crippen LogP contribution in [-0.4, -0.2) is 51.9 Å². The topological polar surface area (TPSA) is 156 Å². The Hall–Kier alpha value is -6.30. The van der Waals surface area contributed by atoms with E-state index in [1.54, 1.807) is 0 Å². The Morgan fingerprint density at radius 2 is 0.883 bits per heavy atom. The van der Waals surface area contributed by atoms with E-state index in [4.69, 9.17) is 56.6 Å². The molecular formula is C46H40Cl4N4O6. The first-order chi connectivity index (χ1) is 28.9. The molecule has 8 rings (SSSR count). The Bertz CT molecular complexity index is 2420. The maximum atomic E-state index is 10.7. The average molecular weight is 887 g/mol. The molecule has 14 heteroatoms. The van der Waals surface area contributed by atoms with Gasteiger partial charge >= 0.3 is 14.8 Å². The van der Waals surface area contributed by atoms with Crippen molar-refractivity contribution >= 4 is 69.4 Å². The Morgan fingerprint density at radius 1 is 0.550 bits per heavy atom. The third kappa shape index (κ3) is 12.4. The van der Waals surface area contributed by atoms with Crippen LogP contribution in [0.3, 0.4) is 0 Å². The fraction of sp³-hybridized carbons (Fsp3) is 0.0870. The molecule has 0 amide bonds. The van der Waals surface area contributed by atoms with Crippen LogP contribution < -0.4 is 10.2 Å². The van der Waals surface area contributed by atoms with Crippen molar-refractivity contribution in [3.63, 3.8) is 0 Å². The zero-order valence-corrected chi connectivity index (χ0v) is 35.3. The van der Waals surface area contributed by atoms with E-state index in [1.165, 1.54) is 59.7 Å². The molecule has 0 saturated carbocycles. The van der Waals surface area contributed by atoms with Gasteiger partial charge in [0.15, 0.2) is 0 Å². The zero-order chi connectivity index (χ0) is 43.6. The number of benzene rings is 4. The molecule has 4 heterocycles. The van der Waals surface area contributed by atoms with Crippen molar-refractivity contribution in [2.24, 2.45) is 0 Å². The van der Waals surface area contributed by atoms with Gasteiger partial charge < -0.3 is 29.6 Å². The number of pyridine rings is 2. The monoisotopic (exact) mass is 884 g/mol. The van der Waals surface area contributed by atoms with Crippen molar-refractivity contribution in [3.05, 3.63) is 181 Å². The Kier molecular flexibility index (Phi) is 18.0. The fourth-order valence-electron chi connectivity index (χ4n) is 5.84. The van der Waals surface area contributed by atoms with Gasteiger partial charge in [0.05, 0.1) is 44.2 Å². The summed E-state index contributed by atoms with van der Waals surface area (Å²) in [5, 5.41) is 38.5. The van der Waals surface area contributed by atoms with E-state index in [0.29, 0.717) is 0 Å². The molecule has 2 N–H and O–H groups in total. The number of alkyl halides is 4. The van der Waals surface area contributed by atoms with Crippen LogP contribution in [0.5, 0.6) is 11.5 Å². The molecule has 60 heavy (non-hydrogen) atoms. The van der Waals surface area contributed by atoms with E-state index in [2.05, 4.69) is 106 Å². The molecule has 0 unspecified atom stereocenters. The molecule has 0 aliphatic carbocycles. The summed E-state index contributed by atoms with van der Waals surface area (Å²) in [7, 11) is 0. The van der Waals surface area contributed by atoms with Crippen LogP contribution in [0.25, 0.3) is 44.9 Å². The van der Waals surface area contributed by atoms with Gasteiger partial charge in [-0.2, -0.15) is 0 Å². The molecule has 0 aliphatic heterocycles. The number of aromatic nitrogens is 4. The molecule has 0 saturated heterocycles. The summed E-state index contributed by atoms with van der Waals surface area (Å²) in [5.74, 6) is -3.25. The minimum Gasteiger partial charge on any atom is -0.872 e. The number of nitrogens with zero attached hydrogens (tertiary/aromatic N) is 4. The number of carboxylic acid groups (broad SMARTS) is 2. The van der Waals surface area contributed by atoms with Gasteiger partial charge in [0.1, 0.15) is 0 Å². The molecule has 4 aromatic heterocycles. The van der Waals surface area contributed by atoms with E-state index in [1.807, 2.05) is 36.9 Å². The number of para-hydroxylation sites is 2. The van der Waals surface area contributed by atoms with E-state index in [0.717, 1.165) is 44.9 Å². The van der Waals surface area contributed by atoms with Crippen LogP contribution in [0.1, 0.15) is 34.7 Å². The number of hydrogen-bond acceptors (Lipinski definition) is 6. The SMILES string of the molecule is Cc1ccc(-n2c(-c3cccnc3)cc3c2cc(-c2cccnc2)n3-c2ccc(C)cc2)cc1.ClCCl.ClCCl.O=C(O)c1ccccc1[O-].O=C(O)c1ccccc1[O-].[H+].[H+]. The summed E-state index contributed by atoms with van der Waals surface area (Å²) in [6, 6.07) is 41.2. The molecule has 10 nitrogen and oxygen atoms in total. The molecule has 0 atom stereocenters. The number of hydrogen-bond donors (Lipinski definition) is 2. The van der Waals surface area contributed by atoms with Gasteiger partial charge in [-0.15, -0.1) is 46.4 Å². The number of rotatable bonds is 6. The number of carbonyl (C=O) groups is 2. The quantitative estimate of drug-likeness (QED) is 0.156. The summed E-state index contributed by atoms with van der Waals surface area (Å²) in [6.07, 6.45) is 7.49. The lowest BCUT2D eigenvalue weighted by molar-refractivity contribution is -0.269. The second-order valence-electron chi connectivity index (χ2n) is 12.5. The fourth-order valence-corrected chi connectivity index (χ4v) is 5.84. The summed E-state index contributed by atoms with van der Waals surface area (Å²) in [6.45, 7) is 4.23. The zero-order valence-electron chi connectivity index (χ0n) is 34.3. The Morgan fingerprint density at radius 3 is 1.15 bits per heavy atom. The maximum absolute atomic E-state index is 10.7. The summed E-state index contributed by atoms with van der Waals surface area (Å²) in [4.78, 5) is 29.2. The molecular weight excluding hydrogens is 846 g/mol. The highest BCUT2D eigenvalue weighted by atomic mass is 35.5.